The summed E-state index contributed by atoms with van der Waals surface area (Å²) in [6.45, 7) is 4.69. The summed E-state index contributed by atoms with van der Waals surface area (Å²) in [5.41, 5.74) is 5.90. The van der Waals surface area contributed by atoms with Gasteiger partial charge in [0.25, 0.3) is 5.91 Å². The van der Waals surface area contributed by atoms with Gasteiger partial charge in [0.15, 0.2) is 0 Å². The Morgan fingerprint density at radius 1 is 1.10 bits per heavy atom. The van der Waals surface area contributed by atoms with Gasteiger partial charge in [-0.2, -0.15) is 5.10 Å². The number of aryl methyl sites for hydroxylation is 1. The number of hydrogen-bond donors (Lipinski definition) is 1. The van der Waals surface area contributed by atoms with Crippen molar-refractivity contribution in [2.75, 3.05) is 6.54 Å². The molecular formula is C24H24N4OS. The SMILES string of the molecule is CCc1c(C(=O)NCCc2ccccc2)cnn1-c1nc(-c2ccc(C)cc2)cs1. The fraction of sp³-hybridized carbons (Fsp3) is 0.208. The highest BCUT2D eigenvalue weighted by Crippen LogP contribution is 2.26. The fourth-order valence-corrected chi connectivity index (χ4v) is 4.16. The van der Waals surface area contributed by atoms with E-state index in [1.165, 1.54) is 22.5 Å². The standard InChI is InChI=1S/C24H24N4OS/c1-3-22-20(23(29)25-14-13-18-7-5-4-6-8-18)15-26-28(22)24-27-21(16-30-24)19-11-9-17(2)10-12-19/h4-12,15-16H,3,13-14H2,1-2H3,(H,25,29). The summed E-state index contributed by atoms with van der Waals surface area (Å²) in [6, 6.07) is 18.4. The smallest absolute Gasteiger partial charge is 0.254 e. The molecule has 1 amide bonds. The van der Waals surface area contributed by atoms with Crippen molar-refractivity contribution >= 4 is 17.2 Å². The summed E-state index contributed by atoms with van der Waals surface area (Å²) >= 11 is 1.53. The first-order valence-corrected chi connectivity index (χ1v) is 11.0. The van der Waals surface area contributed by atoms with Crippen molar-refractivity contribution in [2.24, 2.45) is 0 Å². The molecule has 0 saturated heterocycles. The molecule has 5 nitrogen and oxygen atoms in total. The van der Waals surface area contributed by atoms with E-state index in [-0.39, 0.29) is 5.91 Å². The van der Waals surface area contributed by atoms with Crippen LogP contribution in [0.15, 0.2) is 66.2 Å². The zero-order valence-corrected chi connectivity index (χ0v) is 17.9. The van der Waals surface area contributed by atoms with Crippen molar-refractivity contribution in [3.05, 3.63) is 88.6 Å². The lowest BCUT2D eigenvalue weighted by Gasteiger charge is -2.07. The lowest BCUT2D eigenvalue weighted by atomic mass is 10.1. The molecule has 2 aromatic carbocycles. The summed E-state index contributed by atoms with van der Waals surface area (Å²) in [6.07, 6.45) is 3.14. The molecule has 0 spiro atoms. The molecule has 2 aromatic heterocycles. The van der Waals surface area contributed by atoms with Crippen molar-refractivity contribution in [3.8, 4) is 16.4 Å². The molecule has 2 heterocycles. The lowest BCUT2D eigenvalue weighted by molar-refractivity contribution is 0.0953. The van der Waals surface area contributed by atoms with Crippen molar-refractivity contribution in [3.63, 3.8) is 0 Å². The van der Waals surface area contributed by atoms with Gasteiger partial charge < -0.3 is 5.32 Å². The average Bonchev–Trinajstić information content (AvgIpc) is 3.42. The van der Waals surface area contributed by atoms with E-state index in [0.29, 0.717) is 18.5 Å². The molecule has 0 aliphatic heterocycles. The molecule has 30 heavy (non-hydrogen) atoms. The first-order valence-electron chi connectivity index (χ1n) is 10.1. The van der Waals surface area contributed by atoms with E-state index >= 15 is 0 Å². The van der Waals surface area contributed by atoms with Gasteiger partial charge in [0.05, 0.1) is 23.1 Å². The van der Waals surface area contributed by atoms with Crippen LogP contribution in [0.4, 0.5) is 0 Å². The number of amides is 1. The average molecular weight is 417 g/mol. The molecule has 4 rings (SSSR count). The summed E-state index contributed by atoms with van der Waals surface area (Å²) in [5.74, 6) is -0.0932. The molecule has 0 atom stereocenters. The van der Waals surface area contributed by atoms with Crippen molar-refractivity contribution in [1.82, 2.24) is 20.1 Å². The second-order valence-corrected chi connectivity index (χ2v) is 7.98. The fourth-order valence-electron chi connectivity index (χ4n) is 3.35. The van der Waals surface area contributed by atoms with Crippen LogP contribution in [0.3, 0.4) is 0 Å². The number of nitrogens with one attached hydrogen (secondary N) is 1. The molecule has 0 aliphatic rings. The van der Waals surface area contributed by atoms with E-state index in [1.54, 1.807) is 10.9 Å². The monoisotopic (exact) mass is 416 g/mol. The Bertz CT molecular complexity index is 1130. The molecule has 1 N–H and O–H groups in total. The van der Waals surface area contributed by atoms with E-state index in [0.717, 1.165) is 28.5 Å². The zero-order chi connectivity index (χ0) is 20.9. The summed E-state index contributed by atoms with van der Waals surface area (Å²) in [7, 11) is 0. The van der Waals surface area contributed by atoms with Gasteiger partial charge in [-0.05, 0) is 25.3 Å². The third-order valence-electron chi connectivity index (χ3n) is 5.01. The van der Waals surface area contributed by atoms with Crippen molar-refractivity contribution in [1.29, 1.82) is 0 Å². The highest BCUT2D eigenvalue weighted by atomic mass is 32.1. The van der Waals surface area contributed by atoms with Crippen LogP contribution in [0.5, 0.6) is 0 Å². The van der Waals surface area contributed by atoms with E-state index in [4.69, 9.17) is 4.98 Å². The van der Waals surface area contributed by atoms with Crippen molar-refractivity contribution < 1.29 is 4.79 Å². The maximum absolute atomic E-state index is 12.7. The van der Waals surface area contributed by atoms with Gasteiger partial charge in [0, 0.05) is 17.5 Å². The van der Waals surface area contributed by atoms with Gasteiger partial charge in [-0.3, -0.25) is 4.79 Å². The van der Waals surface area contributed by atoms with Crippen LogP contribution in [-0.4, -0.2) is 27.2 Å². The van der Waals surface area contributed by atoms with Crippen LogP contribution in [-0.2, 0) is 12.8 Å². The molecule has 0 fully saturated rings. The van der Waals surface area contributed by atoms with Crippen LogP contribution in [0.2, 0.25) is 0 Å². The minimum absolute atomic E-state index is 0.0932. The zero-order valence-electron chi connectivity index (χ0n) is 17.1. The van der Waals surface area contributed by atoms with Gasteiger partial charge in [0.1, 0.15) is 0 Å². The summed E-state index contributed by atoms with van der Waals surface area (Å²) in [4.78, 5) is 17.5. The normalized spacial score (nSPS) is 10.9. The number of rotatable bonds is 7. The maximum Gasteiger partial charge on any atom is 0.254 e. The van der Waals surface area contributed by atoms with Crippen LogP contribution in [0, 0.1) is 6.92 Å². The van der Waals surface area contributed by atoms with Crippen LogP contribution >= 0.6 is 11.3 Å². The van der Waals surface area contributed by atoms with Gasteiger partial charge in [0.2, 0.25) is 5.13 Å². The number of benzene rings is 2. The highest BCUT2D eigenvalue weighted by Gasteiger charge is 2.19. The minimum Gasteiger partial charge on any atom is -0.352 e. The van der Waals surface area contributed by atoms with Gasteiger partial charge in [-0.1, -0.05) is 67.1 Å². The van der Waals surface area contributed by atoms with E-state index in [2.05, 4.69) is 53.7 Å². The van der Waals surface area contributed by atoms with E-state index in [9.17, 15) is 4.79 Å². The molecule has 0 bridgehead atoms. The third kappa shape index (κ3) is 4.33. The largest absolute Gasteiger partial charge is 0.352 e. The molecule has 0 unspecified atom stereocenters. The van der Waals surface area contributed by atoms with Crippen LogP contribution < -0.4 is 5.32 Å². The molecule has 0 saturated carbocycles. The van der Waals surface area contributed by atoms with Crippen LogP contribution in [0.25, 0.3) is 16.4 Å². The highest BCUT2D eigenvalue weighted by molar-refractivity contribution is 7.12. The third-order valence-corrected chi connectivity index (χ3v) is 5.83. The maximum atomic E-state index is 12.7. The second-order valence-electron chi connectivity index (χ2n) is 7.14. The number of aromatic nitrogens is 3. The quantitative estimate of drug-likeness (QED) is 0.469. The predicted octanol–water partition coefficient (Wildman–Crippen LogP) is 4.84. The molecular weight excluding hydrogens is 392 g/mol. The molecule has 4 aromatic rings. The Morgan fingerprint density at radius 3 is 2.60 bits per heavy atom. The van der Waals surface area contributed by atoms with E-state index in [1.807, 2.05) is 30.5 Å². The second kappa shape index (κ2) is 9.05. The number of hydrogen-bond acceptors (Lipinski definition) is 4. The Hall–Kier alpha value is -3.25. The molecule has 0 aliphatic carbocycles. The summed E-state index contributed by atoms with van der Waals surface area (Å²) < 4.78 is 1.79. The molecule has 152 valence electrons. The lowest BCUT2D eigenvalue weighted by Crippen LogP contribution is -2.26. The van der Waals surface area contributed by atoms with Crippen LogP contribution in [0.1, 0.15) is 34.1 Å². The Balaban J connectivity index is 1.49. The minimum atomic E-state index is -0.0932. The number of carbonyl (C=O) groups excluding carboxylic acids is 1. The number of carbonyl (C=O) groups is 1. The van der Waals surface area contributed by atoms with Gasteiger partial charge in [-0.15, -0.1) is 11.3 Å². The van der Waals surface area contributed by atoms with E-state index < -0.39 is 0 Å². The Labute approximate surface area is 180 Å². The topological polar surface area (TPSA) is 59.8 Å². The van der Waals surface area contributed by atoms with Crippen molar-refractivity contribution in [2.45, 2.75) is 26.7 Å². The van der Waals surface area contributed by atoms with Gasteiger partial charge >= 0.3 is 0 Å². The summed E-state index contributed by atoms with van der Waals surface area (Å²) in [5, 5.41) is 10.3. The number of thiazole rings is 1. The first-order chi connectivity index (χ1) is 14.7. The number of nitrogens with zero attached hydrogens (tertiary/aromatic N) is 3. The molecule has 6 heteroatoms. The Morgan fingerprint density at radius 2 is 1.87 bits per heavy atom. The Kier molecular flexibility index (Phi) is 6.05. The molecule has 0 radical (unpaired) electrons. The van der Waals surface area contributed by atoms with Gasteiger partial charge in [-0.25, -0.2) is 9.67 Å². The predicted molar refractivity (Wildman–Crippen MR) is 121 cm³/mol. The first kappa shape index (κ1) is 20.0.